The summed E-state index contributed by atoms with van der Waals surface area (Å²) in [6.45, 7) is 12.2. The van der Waals surface area contributed by atoms with E-state index >= 15 is 0 Å². The van der Waals surface area contributed by atoms with Crippen LogP contribution in [0.15, 0.2) is 4.99 Å². The molecule has 0 aliphatic rings. The van der Waals surface area contributed by atoms with E-state index in [1.165, 1.54) is 0 Å². The maximum atomic E-state index is 4.34. The molecule has 13 heavy (non-hydrogen) atoms. The SMILES string of the molecule is CC(C)N=C([N-]C(C)C)[N-]C(C)C. The molecule has 0 unspecified atom stereocenters. The van der Waals surface area contributed by atoms with Gasteiger partial charge in [0.05, 0.1) is 0 Å². The van der Waals surface area contributed by atoms with Crippen LogP contribution in [0.25, 0.3) is 10.6 Å². The van der Waals surface area contributed by atoms with Gasteiger partial charge in [-0.1, -0.05) is 59.7 Å². The van der Waals surface area contributed by atoms with Crippen molar-refractivity contribution in [3.05, 3.63) is 10.6 Å². The Bertz CT molecular complexity index is 148. The third kappa shape index (κ3) is 7.62. The summed E-state index contributed by atoms with van der Waals surface area (Å²) in [6, 6.07) is 0.792. The molecule has 0 rings (SSSR count). The Morgan fingerprint density at radius 1 is 0.846 bits per heavy atom. The van der Waals surface area contributed by atoms with Crippen LogP contribution in [0.2, 0.25) is 0 Å². The fourth-order valence-electron chi connectivity index (χ4n) is 0.793. The van der Waals surface area contributed by atoms with Gasteiger partial charge in [0.25, 0.3) is 0 Å². The zero-order chi connectivity index (χ0) is 10.4. The van der Waals surface area contributed by atoms with Crippen molar-refractivity contribution in [2.45, 2.75) is 59.7 Å². The van der Waals surface area contributed by atoms with Gasteiger partial charge in [0.2, 0.25) is 0 Å². The quantitative estimate of drug-likeness (QED) is 0.476. The monoisotopic (exact) mass is 183 g/mol. The molecule has 0 atom stereocenters. The highest BCUT2D eigenvalue weighted by Crippen LogP contribution is 2.11. The molecule has 0 amide bonds. The largest absolute Gasteiger partial charge is 0.550 e. The molecule has 0 spiro atoms. The molecule has 78 valence electrons. The summed E-state index contributed by atoms with van der Waals surface area (Å²) in [6.07, 6.45) is 0. The second kappa shape index (κ2) is 5.84. The van der Waals surface area contributed by atoms with Gasteiger partial charge in [-0.2, -0.15) is 5.96 Å². The summed E-state index contributed by atoms with van der Waals surface area (Å²) in [5.41, 5.74) is 0. The van der Waals surface area contributed by atoms with Crippen molar-refractivity contribution in [2.24, 2.45) is 4.99 Å². The lowest BCUT2D eigenvalue weighted by atomic mass is 10.3. The number of aliphatic imine (C=N–C) groups is 1. The van der Waals surface area contributed by atoms with E-state index in [4.69, 9.17) is 0 Å². The van der Waals surface area contributed by atoms with Crippen LogP contribution in [0.1, 0.15) is 41.5 Å². The first-order chi connectivity index (χ1) is 5.91. The number of hydrogen-bond acceptors (Lipinski definition) is 1. The number of nitrogens with zero attached hydrogens (tertiary/aromatic N) is 3. The van der Waals surface area contributed by atoms with Gasteiger partial charge in [-0.15, -0.1) is 0 Å². The maximum Gasteiger partial charge on any atom is -0.0689 e. The van der Waals surface area contributed by atoms with Crippen LogP contribution in [0.5, 0.6) is 0 Å². The van der Waals surface area contributed by atoms with Gasteiger partial charge in [0.15, 0.2) is 0 Å². The average molecular weight is 183 g/mol. The molecule has 0 N–H and O–H groups in total. The van der Waals surface area contributed by atoms with Gasteiger partial charge in [-0.25, -0.2) is 0 Å². The molecule has 0 saturated heterocycles. The van der Waals surface area contributed by atoms with Crippen molar-refractivity contribution in [3.8, 4) is 0 Å². The molecule has 0 aromatic heterocycles. The van der Waals surface area contributed by atoms with Gasteiger partial charge in [-0.3, -0.25) is 0 Å². The highest BCUT2D eigenvalue weighted by Gasteiger charge is 1.85. The molecule has 0 aliphatic heterocycles. The smallest absolute Gasteiger partial charge is 0.0689 e. The summed E-state index contributed by atoms with van der Waals surface area (Å²) < 4.78 is 0. The Balaban J connectivity index is 4.19. The van der Waals surface area contributed by atoms with Gasteiger partial charge < -0.3 is 15.6 Å². The Labute approximate surface area is 82.0 Å². The standard InChI is InChI=1S/C10H21N3/c1-7(2)11-10(12-8(3)4)13-9(5)6/h7-9H,1-6H3/q-2. The minimum atomic E-state index is 0.264. The molecule has 3 heteroatoms. The van der Waals surface area contributed by atoms with Crippen molar-refractivity contribution in [1.29, 1.82) is 0 Å². The summed E-state index contributed by atoms with van der Waals surface area (Å²) in [5, 5.41) is 8.68. The van der Waals surface area contributed by atoms with Gasteiger partial charge in [-0.05, 0) is 0 Å². The highest BCUT2D eigenvalue weighted by atomic mass is 15.2. The fourth-order valence-corrected chi connectivity index (χ4v) is 0.793. The van der Waals surface area contributed by atoms with E-state index in [9.17, 15) is 0 Å². The van der Waals surface area contributed by atoms with E-state index in [0.717, 1.165) is 0 Å². The van der Waals surface area contributed by atoms with Crippen molar-refractivity contribution in [1.82, 2.24) is 0 Å². The molecule has 0 heterocycles. The van der Waals surface area contributed by atoms with Gasteiger partial charge in [0, 0.05) is 0 Å². The van der Waals surface area contributed by atoms with Crippen LogP contribution in [-0.4, -0.2) is 24.1 Å². The van der Waals surface area contributed by atoms with E-state index < -0.39 is 0 Å². The molecular formula is C10H21N3-2. The van der Waals surface area contributed by atoms with Crippen LogP contribution in [0.3, 0.4) is 0 Å². The Kier molecular flexibility index (Phi) is 5.51. The van der Waals surface area contributed by atoms with Crippen LogP contribution in [0.4, 0.5) is 0 Å². The molecule has 0 saturated carbocycles. The van der Waals surface area contributed by atoms with E-state index in [1.807, 2.05) is 41.5 Å². The molecule has 0 bridgehead atoms. The second-order valence-electron chi connectivity index (χ2n) is 3.97. The van der Waals surface area contributed by atoms with Gasteiger partial charge >= 0.3 is 0 Å². The van der Waals surface area contributed by atoms with E-state index in [1.54, 1.807) is 0 Å². The molecule has 0 aromatic rings. The summed E-state index contributed by atoms with van der Waals surface area (Å²) >= 11 is 0. The average Bonchev–Trinajstić information content (AvgIpc) is 1.80. The number of guanidine groups is 1. The fraction of sp³-hybridized carbons (Fsp3) is 0.900. The van der Waals surface area contributed by atoms with Crippen LogP contribution in [-0.2, 0) is 0 Å². The van der Waals surface area contributed by atoms with Crippen LogP contribution >= 0.6 is 0 Å². The molecule has 0 aliphatic carbocycles. The molecule has 0 fully saturated rings. The third-order valence-corrected chi connectivity index (χ3v) is 1.12. The van der Waals surface area contributed by atoms with E-state index in [0.29, 0.717) is 5.96 Å². The lowest BCUT2D eigenvalue weighted by Crippen LogP contribution is -2.10. The first-order valence-electron chi connectivity index (χ1n) is 4.91. The lowest BCUT2D eigenvalue weighted by Gasteiger charge is -2.38. The number of hydrogen-bond donors (Lipinski definition) is 0. The van der Waals surface area contributed by atoms with Crippen LogP contribution < -0.4 is 0 Å². The van der Waals surface area contributed by atoms with Crippen molar-refractivity contribution in [2.75, 3.05) is 0 Å². The van der Waals surface area contributed by atoms with Crippen LogP contribution in [0, 0.1) is 0 Å². The number of rotatable bonds is 3. The maximum absolute atomic E-state index is 4.34. The van der Waals surface area contributed by atoms with Crippen molar-refractivity contribution < 1.29 is 0 Å². The Morgan fingerprint density at radius 3 is 1.46 bits per heavy atom. The molecular weight excluding hydrogens is 162 g/mol. The summed E-state index contributed by atoms with van der Waals surface area (Å²) in [5.74, 6) is 0.653. The van der Waals surface area contributed by atoms with Crippen molar-refractivity contribution >= 4 is 5.96 Å². The highest BCUT2D eigenvalue weighted by molar-refractivity contribution is 6.03. The molecule has 0 aromatic carbocycles. The first kappa shape index (κ1) is 12.3. The summed E-state index contributed by atoms with van der Waals surface area (Å²) in [4.78, 5) is 4.34. The van der Waals surface area contributed by atoms with Crippen molar-refractivity contribution in [3.63, 3.8) is 0 Å². The Morgan fingerprint density at radius 2 is 1.23 bits per heavy atom. The Hall–Kier alpha value is -0.730. The zero-order valence-electron chi connectivity index (χ0n) is 9.57. The zero-order valence-corrected chi connectivity index (χ0v) is 9.57. The molecule has 0 radical (unpaired) electrons. The van der Waals surface area contributed by atoms with E-state index in [2.05, 4.69) is 15.6 Å². The second-order valence-corrected chi connectivity index (χ2v) is 3.97. The lowest BCUT2D eigenvalue weighted by molar-refractivity contribution is 0.826. The normalized spacial score (nSPS) is 10.8. The first-order valence-corrected chi connectivity index (χ1v) is 4.91. The minimum Gasteiger partial charge on any atom is -0.550 e. The predicted molar refractivity (Wildman–Crippen MR) is 59.6 cm³/mol. The molecule has 3 nitrogen and oxygen atoms in total. The minimum absolute atomic E-state index is 0.264. The summed E-state index contributed by atoms with van der Waals surface area (Å²) in [7, 11) is 0. The van der Waals surface area contributed by atoms with Gasteiger partial charge in [0.1, 0.15) is 0 Å². The predicted octanol–water partition coefficient (Wildman–Crippen LogP) is 3.32. The third-order valence-electron chi connectivity index (χ3n) is 1.12. The van der Waals surface area contributed by atoms with E-state index in [-0.39, 0.29) is 18.1 Å². The topological polar surface area (TPSA) is 40.6 Å².